The van der Waals surface area contributed by atoms with Crippen molar-refractivity contribution in [2.45, 2.75) is 32.2 Å². The molecular weight excluding hydrogens is 238 g/mol. The number of anilines is 1. The van der Waals surface area contributed by atoms with Crippen molar-refractivity contribution < 1.29 is 4.79 Å². The number of hydrogen-bond acceptors (Lipinski definition) is 2. The molecule has 1 saturated heterocycles. The third-order valence-electron chi connectivity index (χ3n) is 4.08. The minimum atomic E-state index is -0.0471. The highest BCUT2D eigenvalue weighted by molar-refractivity contribution is 6.07. The van der Waals surface area contributed by atoms with Crippen LogP contribution in [-0.4, -0.2) is 27.9 Å². The van der Waals surface area contributed by atoms with Crippen molar-refractivity contribution in [3.8, 4) is 0 Å². The topological polar surface area (TPSA) is 62.1 Å². The first kappa shape index (κ1) is 12.1. The number of likely N-dealkylation sites (tertiary alicyclic amines) is 1. The van der Waals surface area contributed by atoms with Gasteiger partial charge in [0.25, 0.3) is 5.91 Å². The Morgan fingerprint density at radius 1 is 1.42 bits per heavy atom. The fraction of sp³-hybridized carbons (Fsp3) is 0.400. The smallest absolute Gasteiger partial charge is 0.256 e. The zero-order chi connectivity index (χ0) is 13.6. The molecule has 1 aromatic heterocycles. The lowest BCUT2D eigenvalue weighted by atomic mass is 10.0. The lowest BCUT2D eigenvalue weighted by Crippen LogP contribution is -2.42. The standard InChI is InChI=1S/C15H19N3O/c1-15(2)6-3-7-18(15)14(19)12-9-17-13-8-10(16)4-5-11(12)13/h4-5,8-9,17H,3,6-7,16H2,1-2H3. The van der Waals surface area contributed by atoms with E-state index >= 15 is 0 Å². The maximum absolute atomic E-state index is 12.7. The molecule has 0 bridgehead atoms. The Labute approximate surface area is 112 Å². The van der Waals surface area contributed by atoms with Gasteiger partial charge < -0.3 is 15.6 Å². The lowest BCUT2D eigenvalue weighted by Gasteiger charge is -2.31. The van der Waals surface area contributed by atoms with E-state index in [1.807, 2.05) is 23.1 Å². The van der Waals surface area contributed by atoms with Crippen LogP contribution in [-0.2, 0) is 0 Å². The summed E-state index contributed by atoms with van der Waals surface area (Å²) in [5, 5.41) is 0.946. The maximum atomic E-state index is 12.7. The van der Waals surface area contributed by atoms with Gasteiger partial charge in [0.05, 0.1) is 5.56 Å². The summed E-state index contributed by atoms with van der Waals surface area (Å²) in [6.07, 6.45) is 3.93. The van der Waals surface area contributed by atoms with E-state index in [1.165, 1.54) is 0 Å². The minimum Gasteiger partial charge on any atom is -0.399 e. The average molecular weight is 257 g/mol. The summed E-state index contributed by atoms with van der Waals surface area (Å²) in [5.74, 6) is 0.110. The molecule has 2 aromatic rings. The van der Waals surface area contributed by atoms with Gasteiger partial charge in [0, 0.05) is 34.9 Å². The number of nitrogen functional groups attached to an aromatic ring is 1. The number of fused-ring (bicyclic) bond motifs is 1. The van der Waals surface area contributed by atoms with E-state index in [-0.39, 0.29) is 11.4 Å². The number of carbonyl (C=O) groups excluding carboxylic acids is 1. The molecule has 0 spiro atoms. The molecule has 1 fully saturated rings. The van der Waals surface area contributed by atoms with Crippen LogP contribution in [0.2, 0.25) is 0 Å². The fourth-order valence-electron chi connectivity index (χ4n) is 2.95. The van der Waals surface area contributed by atoms with Gasteiger partial charge in [-0.2, -0.15) is 0 Å². The number of hydrogen-bond donors (Lipinski definition) is 2. The van der Waals surface area contributed by atoms with Gasteiger partial charge >= 0.3 is 0 Å². The minimum absolute atomic E-state index is 0.0471. The second-order valence-electron chi connectivity index (χ2n) is 5.88. The molecule has 4 nitrogen and oxygen atoms in total. The van der Waals surface area contributed by atoms with Gasteiger partial charge in [-0.05, 0) is 44.9 Å². The maximum Gasteiger partial charge on any atom is 0.256 e. The van der Waals surface area contributed by atoms with E-state index < -0.39 is 0 Å². The lowest BCUT2D eigenvalue weighted by molar-refractivity contribution is 0.0654. The van der Waals surface area contributed by atoms with Gasteiger partial charge in [0.1, 0.15) is 0 Å². The molecule has 1 aliphatic rings. The summed E-state index contributed by atoms with van der Waals surface area (Å²) >= 11 is 0. The van der Waals surface area contributed by atoms with E-state index in [0.717, 1.165) is 35.9 Å². The van der Waals surface area contributed by atoms with E-state index in [4.69, 9.17) is 5.73 Å². The molecule has 3 N–H and O–H groups in total. The summed E-state index contributed by atoms with van der Waals surface area (Å²) in [6, 6.07) is 5.61. The predicted octanol–water partition coefficient (Wildman–Crippen LogP) is 2.76. The van der Waals surface area contributed by atoms with Crippen molar-refractivity contribution in [3.05, 3.63) is 30.0 Å². The Balaban J connectivity index is 2.03. The normalized spacial score (nSPS) is 18.1. The van der Waals surface area contributed by atoms with Crippen LogP contribution < -0.4 is 5.73 Å². The zero-order valence-electron chi connectivity index (χ0n) is 11.4. The highest BCUT2D eigenvalue weighted by Crippen LogP contribution is 2.31. The number of H-pyrrole nitrogens is 1. The van der Waals surface area contributed by atoms with Gasteiger partial charge in [-0.15, -0.1) is 0 Å². The molecule has 3 rings (SSSR count). The Bertz CT molecular complexity index is 642. The van der Waals surface area contributed by atoms with Crippen LogP contribution in [0.15, 0.2) is 24.4 Å². The number of carbonyl (C=O) groups is 1. The van der Waals surface area contributed by atoms with Gasteiger partial charge in [0.2, 0.25) is 0 Å². The SMILES string of the molecule is CC1(C)CCCN1C(=O)c1c[nH]c2cc(N)ccc12. The number of aromatic amines is 1. The summed E-state index contributed by atoms with van der Waals surface area (Å²) in [5.41, 5.74) is 8.07. The monoisotopic (exact) mass is 257 g/mol. The highest BCUT2D eigenvalue weighted by atomic mass is 16.2. The first-order valence-corrected chi connectivity index (χ1v) is 6.68. The highest BCUT2D eigenvalue weighted by Gasteiger charge is 2.36. The molecule has 0 atom stereocenters. The first-order chi connectivity index (χ1) is 8.99. The quantitative estimate of drug-likeness (QED) is 0.772. The number of nitrogens with zero attached hydrogens (tertiary/aromatic N) is 1. The van der Waals surface area contributed by atoms with Crippen LogP contribution in [0, 0.1) is 0 Å². The van der Waals surface area contributed by atoms with Crippen LogP contribution >= 0.6 is 0 Å². The molecule has 4 heteroatoms. The van der Waals surface area contributed by atoms with Crippen LogP contribution in [0.3, 0.4) is 0 Å². The molecule has 1 aliphatic heterocycles. The molecule has 0 unspecified atom stereocenters. The summed E-state index contributed by atoms with van der Waals surface area (Å²) in [4.78, 5) is 17.8. The molecule has 1 amide bonds. The van der Waals surface area contributed by atoms with Crippen molar-refractivity contribution in [2.75, 3.05) is 12.3 Å². The molecule has 2 heterocycles. The Kier molecular flexibility index (Phi) is 2.55. The van der Waals surface area contributed by atoms with Crippen molar-refractivity contribution in [1.82, 2.24) is 9.88 Å². The molecule has 0 aliphatic carbocycles. The van der Waals surface area contributed by atoms with Crippen molar-refractivity contribution >= 4 is 22.5 Å². The van der Waals surface area contributed by atoms with Gasteiger partial charge in [-0.25, -0.2) is 0 Å². The number of nitrogens with one attached hydrogen (secondary N) is 1. The predicted molar refractivity (Wildman–Crippen MR) is 77.1 cm³/mol. The Morgan fingerprint density at radius 2 is 2.21 bits per heavy atom. The molecule has 0 saturated carbocycles. The Hall–Kier alpha value is -1.97. The van der Waals surface area contributed by atoms with Crippen molar-refractivity contribution in [2.24, 2.45) is 0 Å². The number of amides is 1. The van der Waals surface area contributed by atoms with Crippen LogP contribution in [0.5, 0.6) is 0 Å². The van der Waals surface area contributed by atoms with Gasteiger partial charge in [-0.1, -0.05) is 0 Å². The summed E-state index contributed by atoms with van der Waals surface area (Å²) in [6.45, 7) is 5.10. The molecule has 19 heavy (non-hydrogen) atoms. The molecule has 100 valence electrons. The number of nitrogens with two attached hydrogens (primary N) is 1. The third kappa shape index (κ3) is 1.87. The van der Waals surface area contributed by atoms with Crippen molar-refractivity contribution in [1.29, 1.82) is 0 Å². The van der Waals surface area contributed by atoms with Gasteiger partial charge in [-0.3, -0.25) is 4.79 Å². The second-order valence-corrected chi connectivity index (χ2v) is 5.88. The largest absolute Gasteiger partial charge is 0.399 e. The van der Waals surface area contributed by atoms with Crippen LogP contribution in [0.25, 0.3) is 10.9 Å². The average Bonchev–Trinajstić information content (AvgIpc) is 2.90. The van der Waals surface area contributed by atoms with E-state index in [1.54, 1.807) is 6.20 Å². The second kappa shape index (κ2) is 4.02. The zero-order valence-corrected chi connectivity index (χ0v) is 11.4. The van der Waals surface area contributed by atoms with E-state index in [2.05, 4.69) is 18.8 Å². The van der Waals surface area contributed by atoms with Crippen LogP contribution in [0.1, 0.15) is 37.0 Å². The number of benzene rings is 1. The fourth-order valence-corrected chi connectivity index (χ4v) is 2.95. The van der Waals surface area contributed by atoms with Gasteiger partial charge in [0.15, 0.2) is 0 Å². The molecular formula is C15H19N3O. The summed E-state index contributed by atoms with van der Waals surface area (Å²) in [7, 11) is 0. The molecule has 0 radical (unpaired) electrons. The first-order valence-electron chi connectivity index (χ1n) is 6.68. The number of rotatable bonds is 1. The van der Waals surface area contributed by atoms with Crippen LogP contribution in [0.4, 0.5) is 5.69 Å². The van der Waals surface area contributed by atoms with E-state index in [0.29, 0.717) is 5.69 Å². The van der Waals surface area contributed by atoms with Crippen molar-refractivity contribution in [3.63, 3.8) is 0 Å². The van der Waals surface area contributed by atoms with E-state index in [9.17, 15) is 4.79 Å². The number of aromatic nitrogens is 1. The summed E-state index contributed by atoms with van der Waals surface area (Å²) < 4.78 is 0. The molecule has 1 aromatic carbocycles. The Morgan fingerprint density at radius 3 is 2.89 bits per heavy atom. The third-order valence-corrected chi connectivity index (χ3v) is 4.08.